The number of carbonyl (C=O) groups excluding carboxylic acids is 2. The van der Waals surface area contributed by atoms with Crippen LogP contribution in [-0.2, 0) is 9.59 Å². The van der Waals surface area contributed by atoms with E-state index in [1.165, 1.54) is 5.01 Å². The molecule has 0 aromatic heterocycles. The normalized spacial score (nSPS) is 24.6. The van der Waals surface area contributed by atoms with Gasteiger partial charge in [-0.2, -0.15) is 0 Å². The molecular formula is C19H28N2O3. The van der Waals surface area contributed by atoms with Crippen molar-refractivity contribution >= 4 is 11.7 Å². The van der Waals surface area contributed by atoms with Gasteiger partial charge in [0.1, 0.15) is 5.70 Å². The quantitative estimate of drug-likeness (QED) is 0.758. The molecule has 0 fully saturated rings. The van der Waals surface area contributed by atoms with Crippen LogP contribution >= 0.6 is 0 Å². The number of hydrogen-bond acceptors (Lipinski definition) is 4. The van der Waals surface area contributed by atoms with Crippen molar-refractivity contribution < 1.29 is 14.8 Å². The molecule has 24 heavy (non-hydrogen) atoms. The number of hydroxylamine groups is 1. The lowest BCUT2D eigenvalue weighted by molar-refractivity contribution is -0.884. The number of rotatable bonds is 6. The number of nitrogens with zero attached hydrogens (tertiary/aromatic N) is 1. The molecule has 1 aliphatic heterocycles. The number of quaternary nitrogens is 1. The summed E-state index contributed by atoms with van der Waals surface area (Å²) in [6, 6.07) is 0. The lowest BCUT2D eigenvalue weighted by Crippen LogP contribution is -3.14. The van der Waals surface area contributed by atoms with Gasteiger partial charge in [0.15, 0.2) is 5.78 Å². The summed E-state index contributed by atoms with van der Waals surface area (Å²) >= 11 is 0. The topological polar surface area (TPSA) is 64.9 Å². The Kier molecular flexibility index (Phi) is 5.78. The molecule has 0 spiro atoms. The Morgan fingerprint density at radius 1 is 1.42 bits per heavy atom. The van der Waals surface area contributed by atoms with Crippen LogP contribution in [0, 0.1) is 17.0 Å². The minimum atomic E-state index is -0.542. The van der Waals surface area contributed by atoms with Gasteiger partial charge in [-0.1, -0.05) is 50.5 Å². The van der Waals surface area contributed by atoms with Crippen LogP contribution in [0.3, 0.4) is 0 Å². The number of unbranched alkanes of at least 4 members (excludes halogenated alkanes) is 1. The van der Waals surface area contributed by atoms with E-state index in [1.54, 1.807) is 0 Å². The summed E-state index contributed by atoms with van der Waals surface area (Å²) in [5, 5.41) is 13.3. The van der Waals surface area contributed by atoms with Gasteiger partial charge in [0.25, 0.3) is 0 Å². The Hall–Kier alpha value is -1.72. The molecule has 0 aromatic carbocycles. The summed E-state index contributed by atoms with van der Waals surface area (Å²) in [6.07, 6.45) is 6.35. The second-order valence-electron chi connectivity index (χ2n) is 7.13. The number of hydrogen-bond donors (Lipinski definition) is 1. The van der Waals surface area contributed by atoms with Crippen molar-refractivity contribution in [2.24, 2.45) is 11.8 Å². The Morgan fingerprint density at radius 2 is 2.08 bits per heavy atom. The Balaban J connectivity index is 2.42. The Labute approximate surface area is 144 Å². The van der Waals surface area contributed by atoms with Crippen LogP contribution in [0.25, 0.3) is 0 Å². The van der Waals surface area contributed by atoms with Crippen LogP contribution in [0.5, 0.6) is 0 Å². The van der Waals surface area contributed by atoms with Crippen LogP contribution in [0.1, 0.15) is 53.9 Å². The summed E-state index contributed by atoms with van der Waals surface area (Å²) in [4.78, 5) is 25.6. The van der Waals surface area contributed by atoms with E-state index in [-0.39, 0.29) is 17.6 Å². The van der Waals surface area contributed by atoms with Crippen molar-refractivity contribution in [2.45, 2.75) is 53.9 Å². The van der Waals surface area contributed by atoms with Crippen molar-refractivity contribution in [3.8, 4) is 0 Å². The largest absolute Gasteiger partial charge is 0.600 e. The maximum Gasteiger partial charge on any atom is 0.367 e. The fraction of sp³-hybridized carbons (Fsp3) is 0.579. The smallest absolute Gasteiger partial charge is 0.367 e. The van der Waals surface area contributed by atoms with Gasteiger partial charge in [-0.05, 0) is 32.6 Å². The standard InChI is InChI=1S/C19H28N2O3/c1-6-7-8-20-17(16(12(2)3)19(23)21(20)24)18(22)15-10-13(4)9-14(5)11-15/h9-10,12,15,21H,6-8,11H2,1-5H3. The van der Waals surface area contributed by atoms with Gasteiger partial charge in [0.05, 0.1) is 12.1 Å². The number of Topliss-reactive ketones (excluding diaryl/α,β-unsaturated/α-hetero) is 1. The van der Waals surface area contributed by atoms with Crippen molar-refractivity contribution in [2.75, 3.05) is 6.54 Å². The third-order valence-corrected chi connectivity index (χ3v) is 4.57. The molecule has 0 aromatic rings. The number of ketones is 1. The van der Waals surface area contributed by atoms with E-state index in [9.17, 15) is 14.8 Å². The van der Waals surface area contributed by atoms with E-state index < -0.39 is 11.1 Å². The zero-order chi connectivity index (χ0) is 18.0. The van der Waals surface area contributed by atoms with Crippen LogP contribution in [0.15, 0.2) is 34.6 Å². The van der Waals surface area contributed by atoms with Gasteiger partial charge in [0.2, 0.25) is 0 Å². The average molecular weight is 332 g/mol. The molecule has 0 radical (unpaired) electrons. The first-order chi connectivity index (χ1) is 11.3. The van der Waals surface area contributed by atoms with Crippen molar-refractivity contribution in [1.82, 2.24) is 5.01 Å². The van der Waals surface area contributed by atoms with Crippen LogP contribution in [0.4, 0.5) is 0 Å². The highest BCUT2D eigenvalue weighted by Crippen LogP contribution is 2.30. The van der Waals surface area contributed by atoms with Crippen molar-refractivity contribution in [3.63, 3.8) is 0 Å². The predicted octanol–water partition coefficient (Wildman–Crippen LogP) is 2.32. The molecule has 2 aliphatic rings. The summed E-state index contributed by atoms with van der Waals surface area (Å²) in [7, 11) is 0. The number of amides is 1. The van der Waals surface area contributed by atoms with Gasteiger partial charge in [-0.25, -0.2) is 15.0 Å². The predicted molar refractivity (Wildman–Crippen MR) is 93.4 cm³/mol. The molecule has 5 nitrogen and oxygen atoms in total. The lowest BCUT2D eigenvalue weighted by Gasteiger charge is -2.29. The minimum Gasteiger partial charge on any atom is -0.600 e. The average Bonchev–Trinajstić information content (AvgIpc) is 2.75. The summed E-state index contributed by atoms with van der Waals surface area (Å²) in [6.45, 7) is 10.2. The fourth-order valence-electron chi connectivity index (χ4n) is 3.49. The van der Waals surface area contributed by atoms with E-state index in [0.717, 1.165) is 24.0 Å². The molecule has 5 heteroatoms. The van der Waals surface area contributed by atoms with Crippen LogP contribution < -0.4 is 5.17 Å². The lowest BCUT2D eigenvalue weighted by atomic mass is 9.85. The first-order valence-corrected chi connectivity index (χ1v) is 8.78. The maximum absolute atomic E-state index is 13.2. The SMILES string of the molecule is CCCCN1C(C(=O)C2C=C(C)C=C(C)C2)=C(C(C)C)C(=O)[NH+]1[O-]. The molecule has 0 bridgehead atoms. The van der Waals surface area contributed by atoms with E-state index in [4.69, 9.17) is 0 Å². The van der Waals surface area contributed by atoms with Gasteiger partial charge in [0, 0.05) is 5.92 Å². The summed E-state index contributed by atoms with van der Waals surface area (Å²) < 4.78 is 0. The molecule has 1 heterocycles. The van der Waals surface area contributed by atoms with E-state index in [0.29, 0.717) is 24.2 Å². The number of carbonyl (C=O) groups is 2. The van der Waals surface area contributed by atoms with Gasteiger partial charge in [-0.3, -0.25) is 4.79 Å². The van der Waals surface area contributed by atoms with Gasteiger partial charge in [-0.15, -0.1) is 0 Å². The van der Waals surface area contributed by atoms with Gasteiger partial charge >= 0.3 is 5.91 Å². The molecule has 2 atom stereocenters. The Morgan fingerprint density at radius 3 is 2.62 bits per heavy atom. The summed E-state index contributed by atoms with van der Waals surface area (Å²) in [5.74, 6) is -1.03. The zero-order valence-corrected chi connectivity index (χ0v) is 15.3. The molecule has 132 valence electrons. The molecular weight excluding hydrogens is 304 g/mol. The first kappa shape index (κ1) is 18.6. The highest BCUT2D eigenvalue weighted by atomic mass is 16.6. The molecule has 1 N–H and O–H groups in total. The highest BCUT2D eigenvalue weighted by molar-refractivity contribution is 6.06. The highest BCUT2D eigenvalue weighted by Gasteiger charge is 2.43. The van der Waals surface area contributed by atoms with Crippen molar-refractivity contribution in [1.29, 1.82) is 0 Å². The van der Waals surface area contributed by atoms with Gasteiger partial charge < -0.3 is 5.21 Å². The van der Waals surface area contributed by atoms with E-state index in [1.807, 2.05) is 40.7 Å². The summed E-state index contributed by atoms with van der Waals surface area (Å²) in [5.41, 5.74) is 2.94. The van der Waals surface area contributed by atoms with E-state index in [2.05, 4.69) is 6.08 Å². The van der Waals surface area contributed by atoms with E-state index >= 15 is 0 Å². The molecule has 1 amide bonds. The molecule has 0 saturated carbocycles. The first-order valence-electron chi connectivity index (χ1n) is 8.78. The third kappa shape index (κ3) is 3.52. The van der Waals surface area contributed by atoms with Crippen LogP contribution in [0.2, 0.25) is 0 Å². The Bertz CT molecular complexity index is 629. The minimum absolute atomic E-state index is 0.0965. The van der Waals surface area contributed by atoms with Crippen molar-refractivity contribution in [3.05, 3.63) is 39.8 Å². The molecule has 1 aliphatic carbocycles. The third-order valence-electron chi connectivity index (χ3n) is 4.57. The fourth-order valence-corrected chi connectivity index (χ4v) is 3.49. The molecule has 0 saturated heterocycles. The maximum atomic E-state index is 13.2. The monoisotopic (exact) mass is 332 g/mol. The molecule has 2 unspecified atom stereocenters. The van der Waals surface area contributed by atoms with Crippen LogP contribution in [-0.4, -0.2) is 23.2 Å². The second kappa shape index (κ2) is 7.45. The molecule has 2 rings (SSSR count). The number of allylic oxidation sites excluding steroid dienone is 5. The number of nitrogens with one attached hydrogen (secondary N) is 1. The zero-order valence-electron chi connectivity index (χ0n) is 15.3. The second-order valence-corrected chi connectivity index (χ2v) is 7.13.